The first-order valence-electron chi connectivity index (χ1n) is 5.68. The molecule has 0 aliphatic carbocycles. The maximum absolute atomic E-state index is 12.0. The first-order valence-corrected chi connectivity index (χ1v) is 5.68. The van der Waals surface area contributed by atoms with E-state index >= 15 is 0 Å². The van der Waals surface area contributed by atoms with Crippen LogP contribution in [0.5, 0.6) is 5.88 Å². The van der Waals surface area contributed by atoms with E-state index < -0.39 is 11.8 Å². The highest BCUT2D eigenvalue weighted by Crippen LogP contribution is 2.15. The van der Waals surface area contributed by atoms with E-state index in [0.29, 0.717) is 5.69 Å². The zero-order valence-corrected chi connectivity index (χ0v) is 10.7. The maximum Gasteiger partial charge on any atom is 0.274 e. The van der Waals surface area contributed by atoms with Gasteiger partial charge in [0.2, 0.25) is 5.88 Å². The van der Waals surface area contributed by atoms with E-state index in [0.717, 1.165) is 0 Å². The number of hydrogen-bond acceptors (Lipinski definition) is 5. The van der Waals surface area contributed by atoms with Crippen LogP contribution in [-0.4, -0.2) is 28.9 Å². The van der Waals surface area contributed by atoms with Gasteiger partial charge in [0.25, 0.3) is 11.8 Å². The van der Waals surface area contributed by atoms with Crippen LogP contribution in [0.2, 0.25) is 0 Å². The fourth-order valence-corrected chi connectivity index (χ4v) is 1.57. The average Bonchev–Trinajstić information content (AvgIpc) is 2.47. The lowest BCUT2D eigenvalue weighted by molar-refractivity contribution is 0.100. The predicted molar refractivity (Wildman–Crippen MR) is 71.5 cm³/mol. The second kappa shape index (κ2) is 5.79. The first kappa shape index (κ1) is 13.5. The molecule has 0 unspecified atom stereocenters. The van der Waals surface area contributed by atoms with E-state index in [1.54, 1.807) is 18.2 Å². The van der Waals surface area contributed by atoms with Crippen LogP contribution in [0.15, 0.2) is 36.7 Å². The number of nitrogens with zero attached hydrogens (tertiary/aromatic N) is 2. The molecule has 0 aliphatic heterocycles. The molecule has 0 saturated heterocycles. The maximum atomic E-state index is 12.0. The van der Waals surface area contributed by atoms with Crippen LogP contribution in [0.3, 0.4) is 0 Å². The van der Waals surface area contributed by atoms with Gasteiger partial charge in [0.1, 0.15) is 12.0 Å². The number of aromatic nitrogens is 2. The summed E-state index contributed by atoms with van der Waals surface area (Å²) >= 11 is 0. The van der Waals surface area contributed by atoms with Gasteiger partial charge in [-0.25, -0.2) is 9.97 Å². The van der Waals surface area contributed by atoms with E-state index in [9.17, 15) is 9.59 Å². The van der Waals surface area contributed by atoms with Crippen LogP contribution in [0.1, 0.15) is 20.8 Å². The lowest BCUT2D eigenvalue weighted by Crippen LogP contribution is -2.19. The molecular formula is C13H12N4O3. The first-order chi connectivity index (χ1) is 9.61. The number of carbonyl (C=O) groups excluding carboxylic acids is 2. The number of anilines is 1. The summed E-state index contributed by atoms with van der Waals surface area (Å²) in [6.45, 7) is 0. The molecule has 0 aliphatic rings. The van der Waals surface area contributed by atoms with Crippen molar-refractivity contribution in [1.29, 1.82) is 0 Å². The highest BCUT2D eigenvalue weighted by molar-refractivity contribution is 6.07. The normalized spacial score (nSPS) is 9.85. The van der Waals surface area contributed by atoms with Crippen molar-refractivity contribution in [2.75, 3.05) is 12.4 Å². The number of amides is 2. The fourth-order valence-electron chi connectivity index (χ4n) is 1.57. The molecule has 3 N–H and O–H groups in total. The van der Waals surface area contributed by atoms with E-state index in [4.69, 9.17) is 10.5 Å². The Morgan fingerprint density at radius 2 is 2.00 bits per heavy atom. The van der Waals surface area contributed by atoms with Gasteiger partial charge in [-0.2, -0.15) is 0 Å². The van der Waals surface area contributed by atoms with Crippen molar-refractivity contribution in [3.8, 4) is 5.88 Å². The van der Waals surface area contributed by atoms with E-state index in [1.165, 1.54) is 25.6 Å². The Bertz CT molecular complexity index is 658. The number of nitrogens with one attached hydrogen (secondary N) is 1. The third-order valence-corrected chi connectivity index (χ3v) is 2.52. The highest BCUT2D eigenvalue weighted by atomic mass is 16.5. The molecule has 2 rings (SSSR count). The number of primary amides is 1. The van der Waals surface area contributed by atoms with Gasteiger partial charge in [-0.3, -0.25) is 9.59 Å². The number of benzene rings is 1. The largest absolute Gasteiger partial charge is 0.481 e. The molecule has 0 atom stereocenters. The van der Waals surface area contributed by atoms with Crippen LogP contribution in [-0.2, 0) is 0 Å². The summed E-state index contributed by atoms with van der Waals surface area (Å²) in [6.07, 6.45) is 1.22. The van der Waals surface area contributed by atoms with Crippen LogP contribution < -0.4 is 15.8 Å². The smallest absolute Gasteiger partial charge is 0.274 e. The Hall–Kier alpha value is -2.96. The van der Waals surface area contributed by atoms with Crippen molar-refractivity contribution in [2.24, 2.45) is 5.73 Å². The zero-order valence-electron chi connectivity index (χ0n) is 10.7. The Balaban J connectivity index is 2.25. The summed E-state index contributed by atoms with van der Waals surface area (Å²) in [5.74, 6) is -0.839. The SMILES string of the molecule is COc1cc(C(=O)Nc2ccccc2C(N)=O)ncn1. The number of ether oxygens (including phenoxy) is 1. The number of rotatable bonds is 4. The van der Waals surface area contributed by atoms with Crippen molar-refractivity contribution in [1.82, 2.24) is 9.97 Å². The van der Waals surface area contributed by atoms with E-state index in [-0.39, 0.29) is 17.1 Å². The minimum Gasteiger partial charge on any atom is -0.481 e. The average molecular weight is 272 g/mol. The lowest BCUT2D eigenvalue weighted by atomic mass is 10.1. The Morgan fingerprint density at radius 3 is 2.70 bits per heavy atom. The molecule has 2 amide bonds. The summed E-state index contributed by atoms with van der Waals surface area (Å²) in [5.41, 5.74) is 5.91. The molecule has 1 aromatic carbocycles. The topological polar surface area (TPSA) is 107 Å². The molecule has 2 aromatic rings. The van der Waals surface area contributed by atoms with Gasteiger partial charge in [-0.15, -0.1) is 0 Å². The molecule has 0 saturated carbocycles. The lowest BCUT2D eigenvalue weighted by Gasteiger charge is -2.08. The summed E-state index contributed by atoms with van der Waals surface area (Å²) in [7, 11) is 1.44. The molecule has 1 heterocycles. The molecule has 0 fully saturated rings. The Morgan fingerprint density at radius 1 is 1.25 bits per heavy atom. The summed E-state index contributed by atoms with van der Waals surface area (Å²) < 4.78 is 4.91. The second-order valence-electron chi connectivity index (χ2n) is 3.81. The Labute approximate surface area is 114 Å². The molecule has 7 nitrogen and oxygen atoms in total. The van der Waals surface area contributed by atoms with Crippen molar-refractivity contribution in [3.63, 3.8) is 0 Å². The summed E-state index contributed by atoms with van der Waals surface area (Å²) in [6, 6.07) is 7.84. The van der Waals surface area contributed by atoms with Crippen LogP contribution in [0.4, 0.5) is 5.69 Å². The molecule has 0 bridgehead atoms. The van der Waals surface area contributed by atoms with E-state index in [1.807, 2.05) is 0 Å². The van der Waals surface area contributed by atoms with Crippen molar-refractivity contribution in [3.05, 3.63) is 47.9 Å². The van der Waals surface area contributed by atoms with E-state index in [2.05, 4.69) is 15.3 Å². The summed E-state index contributed by atoms with van der Waals surface area (Å²) in [5, 5.41) is 2.57. The van der Waals surface area contributed by atoms with Gasteiger partial charge in [0.05, 0.1) is 18.4 Å². The van der Waals surface area contributed by atoms with Gasteiger partial charge >= 0.3 is 0 Å². The number of para-hydroxylation sites is 1. The molecule has 7 heteroatoms. The molecule has 1 aromatic heterocycles. The quantitative estimate of drug-likeness (QED) is 0.857. The number of carbonyl (C=O) groups is 2. The zero-order chi connectivity index (χ0) is 14.5. The van der Waals surface area contributed by atoms with Gasteiger partial charge in [0.15, 0.2) is 0 Å². The minimum atomic E-state index is -0.624. The van der Waals surface area contributed by atoms with Crippen LogP contribution in [0, 0.1) is 0 Å². The van der Waals surface area contributed by atoms with Crippen LogP contribution in [0.25, 0.3) is 0 Å². The van der Waals surface area contributed by atoms with Gasteiger partial charge < -0.3 is 15.8 Å². The number of methoxy groups -OCH3 is 1. The number of hydrogen-bond donors (Lipinski definition) is 2. The van der Waals surface area contributed by atoms with Crippen molar-refractivity contribution >= 4 is 17.5 Å². The Kier molecular flexibility index (Phi) is 3.90. The monoisotopic (exact) mass is 272 g/mol. The van der Waals surface area contributed by atoms with Gasteiger partial charge in [-0.1, -0.05) is 12.1 Å². The fraction of sp³-hybridized carbons (Fsp3) is 0.0769. The van der Waals surface area contributed by atoms with Crippen LogP contribution >= 0.6 is 0 Å². The molecule has 102 valence electrons. The van der Waals surface area contributed by atoms with Gasteiger partial charge in [-0.05, 0) is 12.1 Å². The molecule has 0 spiro atoms. The molecular weight excluding hydrogens is 260 g/mol. The van der Waals surface area contributed by atoms with Crippen molar-refractivity contribution in [2.45, 2.75) is 0 Å². The third kappa shape index (κ3) is 2.89. The van der Waals surface area contributed by atoms with Gasteiger partial charge in [0, 0.05) is 6.07 Å². The third-order valence-electron chi connectivity index (χ3n) is 2.52. The van der Waals surface area contributed by atoms with Crippen molar-refractivity contribution < 1.29 is 14.3 Å². The molecule has 20 heavy (non-hydrogen) atoms. The summed E-state index contributed by atoms with van der Waals surface area (Å²) in [4.78, 5) is 31.0. The standard InChI is InChI=1S/C13H12N4O3/c1-20-11-6-10(15-7-16-11)13(19)17-9-5-3-2-4-8(9)12(14)18/h2-7H,1H3,(H2,14,18)(H,17,19). The minimum absolute atomic E-state index is 0.121. The number of nitrogens with two attached hydrogens (primary N) is 1. The molecule has 0 radical (unpaired) electrons. The highest BCUT2D eigenvalue weighted by Gasteiger charge is 2.13. The second-order valence-corrected chi connectivity index (χ2v) is 3.81. The predicted octanol–water partition coefficient (Wildman–Crippen LogP) is 0.836.